The fourth-order valence-corrected chi connectivity index (χ4v) is 2.78. The fourth-order valence-electron chi connectivity index (χ4n) is 2.78. The van der Waals surface area contributed by atoms with Gasteiger partial charge in [-0.1, -0.05) is 12.1 Å². The first-order chi connectivity index (χ1) is 9.79. The summed E-state index contributed by atoms with van der Waals surface area (Å²) in [6.45, 7) is 1.96. The van der Waals surface area contributed by atoms with Gasteiger partial charge in [-0.2, -0.15) is 0 Å². The Hall–Kier alpha value is -1.39. The number of hydrogen-bond donors (Lipinski definition) is 1. The molecule has 1 aliphatic carbocycles. The van der Waals surface area contributed by atoms with E-state index in [1.807, 2.05) is 29.2 Å². The second-order valence-corrected chi connectivity index (χ2v) is 5.70. The van der Waals surface area contributed by atoms with Crippen LogP contribution in [0.5, 0.6) is 0 Å². The maximum Gasteiger partial charge on any atom is 0.230 e. The first-order valence-corrected chi connectivity index (χ1v) is 7.49. The van der Waals surface area contributed by atoms with Gasteiger partial charge in [0.15, 0.2) is 0 Å². The van der Waals surface area contributed by atoms with E-state index in [0.29, 0.717) is 25.8 Å². The quantitative estimate of drug-likeness (QED) is 0.914. The molecule has 1 saturated carbocycles. The van der Waals surface area contributed by atoms with Gasteiger partial charge in [-0.05, 0) is 43.4 Å². The highest BCUT2D eigenvalue weighted by Crippen LogP contribution is 2.34. The van der Waals surface area contributed by atoms with E-state index in [2.05, 4.69) is 0 Å². The molecule has 1 heterocycles. The van der Waals surface area contributed by atoms with Crippen molar-refractivity contribution in [3.63, 3.8) is 0 Å². The van der Waals surface area contributed by atoms with Gasteiger partial charge in [0.05, 0.1) is 0 Å². The molecule has 0 aromatic heterocycles. The normalized spacial score (nSPS) is 19.9. The molecule has 0 spiro atoms. The number of ether oxygens (including phenoxy) is 1. The molecule has 2 N–H and O–H groups in total. The molecular formula is C16H22N2O2. The van der Waals surface area contributed by atoms with E-state index in [9.17, 15) is 4.79 Å². The molecule has 20 heavy (non-hydrogen) atoms. The summed E-state index contributed by atoms with van der Waals surface area (Å²) in [4.78, 5) is 14.8. The Kier molecular flexibility index (Phi) is 4.03. The Morgan fingerprint density at radius 3 is 2.35 bits per heavy atom. The second kappa shape index (κ2) is 5.94. The number of nitrogens with two attached hydrogens (primary N) is 1. The van der Waals surface area contributed by atoms with Gasteiger partial charge in [0.2, 0.25) is 5.91 Å². The van der Waals surface area contributed by atoms with E-state index in [4.69, 9.17) is 10.5 Å². The van der Waals surface area contributed by atoms with Crippen molar-refractivity contribution >= 4 is 11.6 Å². The van der Waals surface area contributed by atoms with Crippen LogP contribution in [0.25, 0.3) is 0 Å². The Balaban J connectivity index is 1.78. The number of amides is 1. The van der Waals surface area contributed by atoms with Gasteiger partial charge < -0.3 is 15.4 Å². The number of carbonyl (C=O) groups is 1. The number of benzene rings is 1. The molecule has 1 aromatic carbocycles. The molecule has 0 atom stereocenters. The molecule has 2 fully saturated rings. The van der Waals surface area contributed by atoms with E-state index >= 15 is 0 Å². The van der Waals surface area contributed by atoms with Crippen LogP contribution in [-0.2, 0) is 16.1 Å². The summed E-state index contributed by atoms with van der Waals surface area (Å²) in [5.74, 6) is 0.398. The summed E-state index contributed by atoms with van der Waals surface area (Å²) in [6.07, 6.45) is 3.94. The Labute approximate surface area is 119 Å². The van der Waals surface area contributed by atoms with Crippen LogP contribution in [0.1, 0.15) is 31.2 Å². The minimum absolute atomic E-state index is 0.124. The maximum absolute atomic E-state index is 12.8. The smallest absolute Gasteiger partial charge is 0.230 e. The van der Waals surface area contributed by atoms with Crippen LogP contribution < -0.4 is 10.6 Å². The van der Waals surface area contributed by atoms with Crippen LogP contribution in [0.3, 0.4) is 0 Å². The molecule has 0 radical (unpaired) electrons. The van der Waals surface area contributed by atoms with E-state index in [-0.39, 0.29) is 11.8 Å². The van der Waals surface area contributed by atoms with Crippen LogP contribution in [0, 0.1) is 5.92 Å². The van der Waals surface area contributed by atoms with E-state index in [1.54, 1.807) is 0 Å². The standard InChI is InChI=1S/C16H22N2O2/c17-11-12-1-3-14(4-2-12)18(15-5-6-15)16(19)13-7-9-20-10-8-13/h1-4,13,15H,5-11,17H2. The summed E-state index contributed by atoms with van der Waals surface area (Å²) < 4.78 is 5.36. The summed E-state index contributed by atoms with van der Waals surface area (Å²) >= 11 is 0. The molecule has 1 amide bonds. The number of nitrogens with zero attached hydrogens (tertiary/aromatic N) is 1. The van der Waals surface area contributed by atoms with Gasteiger partial charge >= 0.3 is 0 Å². The predicted molar refractivity (Wildman–Crippen MR) is 78.4 cm³/mol. The van der Waals surface area contributed by atoms with Crippen molar-refractivity contribution in [2.75, 3.05) is 18.1 Å². The summed E-state index contributed by atoms with van der Waals surface area (Å²) in [6, 6.07) is 8.48. The van der Waals surface area contributed by atoms with E-state index in [0.717, 1.165) is 36.9 Å². The number of rotatable bonds is 4. The zero-order chi connectivity index (χ0) is 13.9. The zero-order valence-electron chi connectivity index (χ0n) is 11.8. The molecule has 0 bridgehead atoms. The number of hydrogen-bond acceptors (Lipinski definition) is 3. The summed E-state index contributed by atoms with van der Waals surface area (Å²) in [5.41, 5.74) is 7.75. The van der Waals surface area contributed by atoms with Gasteiger partial charge in [-0.25, -0.2) is 0 Å². The third-order valence-corrected chi connectivity index (χ3v) is 4.17. The monoisotopic (exact) mass is 274 g/mol. The third-order valence-electron chi connectivity index (χ3n) is 4.17. The van der Waals surface area contributed by atoms with E-state index < -0.39 is 0 Å². The minimum Gasteiger partial charge on any atom is -0.381 e. The molecule has 1 saturated heterocycles. The maximum atomic E-state index is 12.8. The van der Waals surface area contributed by atoms with Crippen molar-refractivity contribution in [3.05, 3.63) is 29.8 Å². The molecule has 108 valence electrons. The van der Waals surface area contributed by atoms with Gasteiger partial charge in [-0.15, -0.1) is 0 Å². The van der Waals surface area contributed by atoms with Crippen LogP contribution in [0.4, 0.5) is 5.69 Å². The molecule has 4 heteroatoms. The molecule has 3 rings (SSSR count). The minimum atomic E-state index is 0.124. The zero-order valence-corrected chi connectivity index (χ0v) is 11.8. The molecule has 2 aliphatic rings. The number of carbonyl (C=O) groups excluding carboxylic acids is 1. The topological polar surface area (TPSA) is 55.6 Å². The average molecular weight is 274 g/mol. The first-order valence-electron chi connectivity index (χ1n) is 7.49. The molecular weight excluding hydrogens is 252 g/mol. The van der Waals surface area contributed by atoms with Crippen LogP contribution >= 0.6 is 0 Å². The largest absolute Gasteiger partial charge is 0.381 e. The Bertz CT molecular complexity index is 462. The molecule has 1 aliphatic heterocycles. The van der Waals surface area contributed by atoms with Crippen molar-refractivity contribution in [2.45, 2.75) is 38.3 Å². The van der Waals surface area contributed by atoms with Crippen LogP contribution in [0.2, 0.25) is 0 Å². The summed E-state index contributed by atoms with van der Waals surface area (Å²) in [5, 5.41) is 0. The lowest BCUT2D eigenvalue weighted by Crippen LogP contribution is -2.40. The van der Waals surface area contributed by atoms with E-state index in [1.165, 1.54) is 0 Å². The van der Waals surface area contributed by atoms with Crippen LogP contribution in [0.15, 0.2) is 24.3 Å². The highest BCUT2D eigenvalue weighted by atomic mass is 16.5. The highest BCUT2D eigenvalue weighted by molar-refractivity contribution is 5.96. The number of anilines is 1. The average Bonchev–Trinajstić information content (AvgIpc) is 3.34. The first kappa shape index (κ1) is 13.6. The lowest BCUT2D eigenvalue weighted by atomic mass is 9.98. The van der Waals surface area contributed by atoms with Gasteiger partial charge in [-0.3, -0.25) is 4.79 Å². The van der Waals surface area contributed by atoms with Crippen molar-refractivity contribution in [3.8, 4) is 0 Å². The second-order valence-electron chi connectivity index (χ2n) is 5.70. The van der Waals surface area contributed by atoms with Gasteiger partial charge in [0, 0.05) is 37.4 Å². The van der Waals surface area contributed by atoms with Crippen molar-refractivity contribution < 1.29 is 9.53 Å². The summed E-state index contributed by atoms with van der Waals surface area (Å²) in [7, 11) is 0. The van der Waals surface area contributed by atoms with Crippen LogP contribution in [-0.4, -0.2) is 25.2 Å². The van der Waals surface area contributed by atoms with Crippen molar-refractivity contribution in [1.29, 1.82) is 0 Å². The fraction of sp³-hybridized carbons (Fsp3) is 0.562. The Morgan fingerprint density at radius 2 is 1.80 bits per heavy atom. The Morgan fingerprint density at radius 1 is 1.15 bits per heavy atom. The molecule has 1 aromatic rings. The lowest BCUT2D eigenvalue weighted by Gasteiger charge is -2.29. The highest BCUT2D eigenvalue weighted by Gasteiger charge is 2.37. The van der Waals surface area contributed by atoms with Crippen molar-refractivity contribution in [2.24, 2.45) is 11.7 Å². The van der Waals surface area contributed by atoms with Gasteiger partial charge in [0.1, 0.15) is 0 Å². The lowest BCUT2D eigenvalue weighted by molar-refractivity contribution is -0.125. The SMILES string of the molecule is NCc1ccc(N(C(=O)C2CCOCC2)C2CC2)cc1. The predicted octanol–water partition coefficient (Wildman–Crippen LogP) is 2.07. The van der Waals surface area contributed by atoms with Gasteiger partial charge in [0.25, 0.3) is 0 Å². The molecule has 0 unspecified atom stereocenters. The van der Waals surface area contributed by atoms with Crippen molar-refractivity contribution in [1.82, 2.24) is 0 Å². The molecule has 4 nitrogen and oxygen atoms in total. The third kappa shape index (κ3) is 2.86.